The van der Waals surface area contributed by atoms with Crippen LogP contribution in [0.4, 0.5) is 0 Å². The van der Waals surface area contributed by atoms with Gasteiger partial charge in [-0.1, -0.05) is 25.4 Å². The van der Waals surface area contributed by atoms with Gasteiger partial charge in [-0.05, 0) is 37.5 Å². The van der Waals surface area contributed by atoms with E-state index in [2.05, 4.69) is 0 Å². The van der Waals surface area contributed by atoms with Gasteiger partial charge in [-0.25, -0.2) is 18.4 Å². The van der Waals surface area contributed by atoms with E-state index < -0.39 is 16.0 Å². The van der Waals surface area contributed by atoms with Crippen molar-refractivity contribution in [1.29, 1.82) is 0 Å². The fourth-order valence-corrected chi connectivity index (χ4v) is 2.69. The van der Waals surface area contributed by atoms with Crippen LogP contribution < -0.4 is 5.14 Å². The van der Waals surface area contributed by atoms with Gasteiger partial charge in [0.2, 0.25) is 10.0 Å². The number of rotatable bonds is 5. The van der Waals surface area contributed by atoms with Crippen LogP contribution in [0.3, 0.4) is 0 Å². The second-order valence-corrected chi connectivity index (χ2v) is 7.06. The molecule has 0 aliphatic carbocycles. The van der Waals surface area contributed by atoms with Gasteiger partial charge in [0.25, 0.3) is 0 Å². The first-order chi connectivity index (χ1) is 9.09. The normalized spacial score (nSPS) is 13.3. The maximum atomic E-state index is 12.0. The Morgan fingerprint density at radius 2 is 1.90 bits per heavy atom. The standard InChI is InChI=1S/C13H18ClNO4S/c1-8(2)4-9(3)19-13(16)10-5-11(14)7-12(6-10)20(15,17)18/h5-9H,4H2,1-3H3,(H2,15,17,18). The molecule has 7 heteroatoms. The molecule has 112 valence electrons. The molecule has 0 radical (unpaired) electrons. The molecule has 1 aromatic rings. The van der Waals surface area contributed by atoms with Crippen LogP contribution in [0.2, 0.25) is 5.02 Å². The first-order valence-electron chi connectivity index (χ1n) is 6.14. The summed E-state index contributed by atoms with van der Waals surface area (Å²) >= 11 is 5.79. The number of ether oxygens (including phenoxy) is 1. The van der Waals surface area contributed by atoms with Crippen molar-refractivity contribution in [2.75, 3.05) is 0 Å². The Balaban J connectivity index is 2.97. The van der Waals surface area contributed by atoms with Crippen LogP contribution in [-0.4, -0.2) is 20.5 Å². The molecule has 1 atom stereocenters. The van der Waals surface area contributed by atoms with Gasteiger partial charge in [0.05, 0.1) is 16.6 Å². The highest BCUT2D eigenvalue weighted by Crippen LogP contribution is 2.20. The van der Waals surface area contributed by atoms with Crippen LogP contribution in [0.1, 0.15) is 37.6 Å². The number of benzene rings is 1. The summed E-state index contributed by atoms with van der Waals surface area (Å²) in [7, 11) is -3.92. The van der Waals surface area contributed by atoms with Crippen LogP contribution in [0.25, 0.3) is 0 Å². The first-order valence-corrected chi connectivity index (χ1v) is 8.06. The number of primary sulfonamides is 1. The predicted octanol–water partition coefficient (Wildman–Crippen LogP) is 2.58. The quantitative estimate of drug-likeness (QED) is 0.845. The lowest BCUT2D eigenvalue weighted by atomic mass is 10.1. The summed E-state index contributed by atoms with van der Waals surface area (Å²) in [5.74, 6) is -0.234. The third kappa shape index (κ3) is 5.11. The van der Waals surface area contributed by atoms with Crippen molar-refractivity contribution in [3.63, 3.8) is 0 Å². The fraction of sp³-hybridized carbons (Fsp3) is 0.462. The molecule has 1 aromatic carbocycles. The molecule has 0 saturated carbocycles. The molecular formula is C13H18ClNO4S. The van der Waals surface area contributed by atoms with Crippen molar-refractivity contribution in [2.24, 2.45) is 11.1 Å². The summed E-state index contributed by atoms with van der Waals surface area (Å²) in [6, 6.07) is 3.69. The Morgan fingerprint density at radius 3 is 2.40 bits per heavy atom. The van der Waals surface area contributed by atoms with Gasteiger partial charge >= 0.3 is 5.97 Å². The molecule has 0 spiro atoms. The molecule has 0 aliphatic rings. The van der Waals surface area contributed by atoms with Gasteiger partial charge in [0.15, 0.2) is 0 Å². The van der Waals surface area contributed by atoms with E-state index in [-0.39, 0.29) is 21.6 Å². The molecule has 1 rings (SSSR count). The number of hydrogen-bond acceptors (Lipinski definition) is 4. The van der Waals surface area contributed by atoms with E-state index in [0.29, 0.717) is 12.3 Å². The Kier molecular flexibility index (Phi) is 5.56. The van der Waals surface area contributed by atoms with Gasteiger partial charge < -0.3 is 4.74 Å². The minimum Gasteiger partial charge on any atom is -0.459 e. The van der Waals surface area contributed by atoms with Crippen LogP contribution in [0.15, 0.2) is 23.1 Å². The molecule has 0 bridgehead atoms. The monoisotopic (exact) mass is 319 g/mol. The summed E-state index contributed by atoms with van der Waals surface area (Å²) in [4.78, 5) is 11.7. The van der Waals surface area contributed by atoms with Crippen molar-refractivity contribution in [3.8, 4) is 0 Å². The second-order valence-electron chi connectivity index (χ2n) is 5.07. The summed E-state index contributed by atoms with van der Waals surface area (Å²) in [6.07, 6.45) is 0.452. The SMILES string of the molecule is CC(C)CC(C)OC(=O)c1cc(Cl)cc(S(N)(=O)=O)c1. The highest BCUT2D eigenvalue weighted by molar-refractivity contribution is 7.89. The van der Waals surface area contributed by atoms with E-state index in [1.165, 1.54) is 12.1 Å². The van der Waals surface area contributed by atoms with Crippen molar-refractivity contribution in [1.82, 2.24) is 0 Å². The third-order valence-corrected chi connectivity index (χ3v) is 3.66. The number of halogens is 1. The number of hydrogen-bond donors (Lipinski definition) is 1. The average molecular weight is 320 g/mol. The predicted molar refractivity (Wildman–Crippen MR) is 77.2 cm³/mol. The molecule has 0 saturated heterocycles. The van der Waals surface area contributed by atoms with Crippen molar-refractivity contribution < 1.29 is 17.9 Å². The van der Waals surface area contributed by atoms with E-state index >= 15 is 0 Å². The molecule has 0 amide bonds. The highest BCUT2D eigenvalue weighted by atomic mass is 35.5. The molecule has 0 aromatic heterocycles. The molecule has 5 nitrogen and oxygen atoms in total. The van der Waals surface area contributed by atoms with Crippen LogP contribution in [-0.2, 0) is 14.8 Å². The number of sulfonamides is 1. The number of carbonyl (C=O) groups excluding carboxylic acids is 1. The molecule has 2 N–H and O–H groups in total. The Hall–Kier alpha value is -1.11. The van der Waals surface area contributed by atoms with E-state index in [9.17, 15) is 13.2 Å². The molecule has 0 fully saturated rings. The van der Waals surface area contributed by atoms with Gasteiger partial charge in [0, 0.05) is 5.02 Å². The lowest BCUT2D eigenvalue weighted by molar-refractivity contribution is 0.0299. The molecule has 1 unspecified atom stereocenters. The lowest BCUT2D eigenvalue weighted by Gasteiger charge is -2.15. The smallest absolute Gasteiger partial charge is 0.338 e. The topological polar surface area (TPSA) is 86.5 Å². The summed E-state index contributed by atoms with van der Waals surface area (Å²) in [5, 5.41) is 5.13. The van der Waals surface area contributed by atoms with Crippen LogP contribution in [0, 0.1) is 5.92 Å². The van der Waals surface area contributed by atoms with E-state index in [1.807, 2.05) is 13.8 Å². The van der Waals surface area contributed by atoms with Gasteiger partial charge in [0.1, 0.15) is 0 Å². The van der Waals surface area contributed by atoms with E-state index in [0.717, 1.165) is 6.07 Å². The maximum Gasteiger partial charge on any atom is 0.338 e. The fourth-order valence-electron chi connectivity index (χ4n) is 1.81. The summed E-state index contributed by atoms with van der Waals surface area (Å²) in [5.41, 5.74) is 0.0668. The Labute approximate surface area is 124 Å². The van der Waals surface area contributed by atoms with Crippen LogP contribution >= 0.6 is 11.6 Å². The summed E-state index contributed by atoms with van der Waals surface area (Å²) < 4.78 is 27.8. The lowest BCUT2D eigenvalue weighted by Crippen LogP contribution is -2.18. The van der Waals surface area contributed by atoms with E-state index in [4.69, 9.17) is 21.5 Å². The Morgan fingerprint density at radius 1 is 1.30 bits per heavy atom. The highest BCUT2D eigenvalue weighted by Gasteiger charge is 2.17. The van der Waals surface area contributed by atoms with Gasteiger partial charge in [-0.15, -0.1) is 0 Å². The third-order valence-electron chi connectivity index (χ3n) is 2.55. The van der Waals surface area contributed by atoms with Crippen molar-refractivity contribution in [2.45, 2.75) is 38.2 Å². The number of esters is 1. The summed E-state index contributed by atoms with van der Waals surface area (Å²) in [6.45, 7) is 5.81. The molecule has 20 heavy (non-hydrogen) atoms. The van der Waals surface area contributed by atoms with Crippen molar-refractivity contribution in [3.05, 3.63) is 28.8 Å². The zero-order chi connectivity index (χ0) is 15.5. The zero-order valence-electron chi connectivity index (χ0n) is 11.6. The largest absolute Gasteiger partial charge is 0.459 e. The minimum atomic E-state index is -3.92. The number of nitrogens with two attached hydrogens (primary N) is 1. The maximum absolute atomic E-state index is 12.0. The average Bonchev–Trinajstić information content (AvgIpc) is 2.25. The molecular weight excluding hydrogens is 302 g/mol. The van der Waals surface area contributed by atoms with Gasteiger partial charge in [-0.2, -0.15) is 0 Å². The number of carbonyl (C=O) groups is 1. The van der Waals surface area contributed by atoms with Crippen molar-refractivity contribution >= 4 is 27.6 Å². The van der Waals surface area contributed by atoms with E-state index in [1.54, 1.807) is 6.92 Å². The van der Waals surface area contributed by atoms with Crippen LogP contribution in [0.5, 0.6) is 0 Å². The Bertz CT molecular complexity index is 598. The first kappa shape index (κ1) is 16.9. The second kappa shape index (κ2) is 6.56. The molecule has 0 aliphatic heterocycles. The van der Waals surface area contributed by atoms with Gasteiger partial charge in [-0.3, -0.25) is 0 Å². The molecule has 0 heterocycles. The minimum absolute atomic E-state index is 0.0668. The zero-order valence-corrected chi connectivity index (χ0v) is 13.2.